The number of amides is 2. The fraction of sp³-hybridized carbons (Fsp3) is 0.562. The van der Waals surface area contributed by atoms with E-state index in [2.05, 4.69) is 10.6 Å². The highest BCUT2D eigenvalue weighted by Crippen LogP contribution is 2.30. The van der Waals surface area contributed by atoms with E-state index in [1.807, 2.05) is 31.2 Å². The molecule has 1 aromatic rings. The van der Waals surface area contributed by atoms with E-state index < -0.39 is 5.60 Å². The molecule has 0 aliphatic heterocycles. The molecule has 1 saturated carbocycles. The number of hydrogen-bond donors (Lipinski definition) is 3. The third kappa shape index (κ3) is 4.72. The molecule has 0 atom stereocenters. The molecular formula is C16H24N2O3. The fourth-order valence-electron chi connectivity index (χ4n) is 2.33. The molecule has 5 nitrogen and oxygen atoms in total. The molecule has 1 aliphatic rings. The van der Waals surface area contributed by atoms with Gasteiger partial charge in [0.25, 0.3) is 0 Å². The van der Waals surface area contributed by atoms with Crippen molar-refractivity contribution in [2.24, 2.45) is 0 Å². The van der Waals surface area contributed by atoms with E-state index in [-0.39, 0.29) is 6.03 Å². The van der Waals surface area contributed by atoms with Gasteiger partial charge in [-0.25, -0.2) is 4.79 Å². The van der Waals surface area contributed by atoms with Gasteiger partial charge in [0.2, 0.25) is 0 Å². The van der Waals surface area contributed by atoms with Gasteiger partial charge in [0.1, 0.15) is 0 Å². The predicted molar refractivity (Wildman–Crippen MR) is 80.8 cm³/mol. The van der Waals surface area contributed by atoms with Crippen LogP contribution >= 0.6 is 0 Å². The molecule has 0 radical (unpaired) electrons. The molecule has 1 aliphatic carbocycles. The first-order chi connectivity index (χ1) is 10.1. The van der Waals surface area contributed by atoms with Crippen LogP contribution in [0.25, 0.3) is 0 Å². The van der Waals surface area contributed by atoms with Gasteiger partial charge in [-0.15, -0.1) is 0 Å². The van der Waals surface area contributed by atoms with E-state index in [0.717, 1.165) is 30.4 Å². The first kappa shape index (κ1) is 15.8. The third-order valence-corrected chi connectivity index (χ3v) is 3.88. The van der Waals surface area contributed by atoms with Crippen molar-refractivity contribution in [1.82, 2.24) is 10.6 Å². The molecule has 21 heavy (non-hydrogen) atoms. The average Bonchev–Trinajstić information content (AvgIpc) is 2.47. The highest BCUT2D eigenvalue weighted by molar-refractivity contribution is 5.74. The Morgan fingerprint density at radius 3 is 2.62 bits per heavy atom. The average molecular weight is 292 g/mol. The van der Waals surface area contributed by atoms with E-state index in [9.17, 15) is 9.90 Å². The van der Waals surface area contributed by atoms with Crippen molar-refractivity contribution < 1.29 is 14.6 Å². The third-order valence-electron chi connectivity index (χ3n) is 3.88. The summed E-state index contributed by atoms with van der Waals surface area (Å²) < 4.78 is 5.42. The monoisotopic (exact) mass is 292 g/mol. The Morgan fingerprint density at radius 1 is 1.29 bits per heavy atom. The summed E-state index contributed by atoms with van der Waals surface area (Å²) in [6.45, 7) is 3.95. The molecule has 0 unspecified atom stereocenters. The van der Waals surface area contributed by atoms with E-state index in [4.69, 9.17) is 4.74 Å². The molecule has 0 aromatic heterocycles. The summed E-state index contributed by atoms with van der Waals surface area (Å²) in [5.41, 5.74) is 1.44. The molecule has 5 heteroatoms. The molecule has 0 spiro atoms. The summed E-state index contributed by atoms with van der Waals surface area (Å²) in [5.74, 6) is 0. The maximum Gasteiger partial charge on any atom is 0.315 e. The van der Waals surface area contributed by atoms with Gasteiger partial charge >= 0.3 is 6.03 Å². The lowest BCUT2D eigenvalue weighted by Crippen LogP contribution is -2.50. The Hall–Kier alpha value is -1.59. The lowest BCUT2D eigenvalue weighted by molar-refractivity contribution is -0.0290. The minimum atomic E-state index is -0.690. The molecule has 2 rings (SSSR count). The maximum absolute atomic E-state index is 11.8. The Labute approximate surface area is 125 Å². The first-order valence-corrected chi connectivity index (χ1v) is 7.51. The van der Waals surface area contributed by atoms with Crippen molar-refractivity contribution in [3.05, 3.63) is 35.4 Å². The second-order valence-corrected chi connectivity index (χ2v) is 5.52. The van der Waals surface area contributed by atoms with Crippen LogP contribution in [0.1, 0.15) is 37.3 Å². The summed E-state index contributed by atoms with van der Waals surface area (Å²) >= 11 is 0. The Bertz CT molecular complexity index is 472. The van der Waals surface area contributed by atoms with Crippen LogP contribution in [0.4, 0.5) is 4.79 Å². The molecule has 3 N–H and O–H groups in total. The number of aliphatic hydroxyl groups is 1. The molecule has 116 valence electrons. The van der Waals surface area contributed by atoms with Gasteiger partial charge in [0.05, 0.1) is 12.2 Å². The minimum Gasteiger partial charge on any atom is -0.388 e. The van der Waals surface area contributed by atoms with E-state index in [1.165, 1.54) is 0 Å². The van der Waals surface area contributed by atoms with Gasteiger partial charge in [0.15, 0.2) is 0 Å². The molecule has 1 aromatic carbocycles. The van der Waals surface area contributed by atoms with Crippen LogP contribution in [0.15, 0.2) is 24.3 Å². The Balaban J connectivity index is 1.77. The number of ether oxygens (including phenoxy) is 1. The van der Waals surface area contributed by atoms with Gasteiger partial charge in [-0.1, -0.05) is 24.3 Å². The second kappa shape index (κ2) is 7.43. The Morgan fingerprint density at radius 2 is 2.00 bits per heavy atom. The minimum absolute atomic E-state index is 0.249. The van der Waals surface area contributed by atoms with Crippen LogP contribution in [-0.2, 0) is 17.9 Å². The highest BCUT2D eigenvalue weighted by atomic mass is 16.5. The summed E-state index contributed by atoms with van der Waals surface area (Å²) in [5, 5.41) is 15.5. The highest BCUT2D eigenvalue weighted by Gasteiger charge is 2.34. The zero-order valence-corrected chi connectivity index (χ0v) is 12.5. The smallest absolute Gasteiger partial charge is 0.315 e. The van der Waals surface area contributed by atoms with Gasteiger partial charge in [0, 0.05) is 19.7 Å². The molecule has 0 heterocycles. The standard InChI is InChI=1S/C16H24N2O3/c1-2-21-11-14-7-4-3-6-13(14)10-17-15(19)18-12-16(20)8-5-9-16/h3-4,6-7,20H,2,5,8-12H2,1H3,(H2,17,18,19). The SMILES string of the molecule is CCOCc1ccccc1CNC(=O)NCC1(O)CCC1. The molecule has 1 fully saturated rings. The van der Waals surface area contributed by atoms with Crippen molar-refractivity contribution in [2.75, 3.05) is 13.2 Å². The lowest BCUT2D eigenvalue weighted by atomic mass is 9.80. The number of benzene rings is 1. The van der Waals surface area contributed by atoms with E-state index in [0.29, 0.717) is 26.3 Å². The van der Waals surface area contributed by atoms with Crippen molar-refractivity contribution in [3.63, 3.8) is 0 Å². The molecular weight excluding hydrogens is 268 g/mol. The summed E-state index contributed by atoms with van der Waals surface area (Å²) in [7, 11) is 0. The van der Waals surface area contributed by atoms with Crippen LogP contribution in [0, 0.1) is 0 Å². The van der Waals surface area contributed by atoms with Crippen molar-refractivity contribution in [2.45, 2.75) is 44.9 Å². The summed E-state index contributed by atoms with van der Waals surface area (Å²) in [4.78, 5) is 11.8. The number of urea groups is 1. The maximum atomic E-state index is 11.8. The number of hydrogen-bond acceptors (Lipinski definition) is 3. The fourth-order valence-corrected chi connectivity index (χ4v) is 2.33. The van der Waals surface area contributed by atoms with Gasteiger partial charge in [-0.2, -0.15) is 0 Å². The number of nitrogens with one attached hydrogen (secondary N) is 2. The van der Waals surface area contributed by atoms with E-state index in [1.54, 1.807) is 0 Å². The zero-order chi connectivity index (χ0) is 15.1. The van der Waals surface area contributed by atoms with Gasteiger partial charge in [-0.3, -0.25) is 0 Å². The largest absolute Gasteiger partial charge is 0.388 e. The van der Waals surface area contributed by atoms with Crippen molar-refractivity contribution in [3.8, 4) is 0 Å². The van der Waals surface area contributed by atoms with Crippen molar-refractivity contribution in [1.29, 1.82) is 0 Å². The van der Waals surface area contributed by atoms with Crippen LogP contribution < -0.4 is 10.6 Å². The normalized spacial score (nSPS) is 16.1. The van der Waals surface area contributed by atoms with E-state index >= 15 is 0 Å². The number of rotatable bonds is 7. The topological polar surface area (TPSA) is 70.6 Å². The summed E-state index contributed by atoms with van der Waals surface area (Å²) in [6.07, 6.45) is 2.57. The quantitative estimate of drug-likeness (QED) is 0.719. The van der Waals surface area contributed by atoms with Crippen molar-refractivity contribution >= 4 is 6.03 Å². The summed E-state index contributed by atoms with van der Waals surface area (Å²) in [6, 6.07) is 7.64. The Kier molecular flexibility index (Phi) is 5.59. The van der Waals surface area contributed by atoms with Gasteiger partial charge in [-0.05, 0) is 37.3 Å². The zero-order valence-electron chi connectivity index (χ0n) is 12.5. The molecule has 0 saturated heterocycles. The van der Waals surface area contributed by atoms with Crippen LogP contribution in [0.5, 0.6) is 0 Å². The second-order valence-electron chi connectivity index (χ2n) is 5.52. The lowest BCUT2D eigenvalue weighted by Gasteiger charge is -2.36. The molecule has 0 bridgehead atoms. The van der Waals surface area contributed by atoms with Gasteiger partial charge < -0.3 is 20.5 Å². The van der Waals surface area contributed by atoms with Crippen LogP contribution in [-0.4, -0.2) is 29.9 Å². The predicted octanol–water partition coefficient (Wildman–Crippen LogP) is 1.94. The first-order valence-electron chi connectivity index (χ1n) is 7.51. The number of carbonyl (C=O) groups is 1. The van der Waals surface area contributed by atoms with Crippen LogP contribution in [0.3, 0.4) is 0 Å². The molecule has 2 amide bonds. The van der Waals surface area contributed by atoms with Crippen LogP contribution in [0.2, 0.25) is 0 Å². The number of carbonyl (C=O) groups excluding carboxylic acids is 1.